The van der Waals surface area contributed by atoms with Gasteiger partial charge in [0.1, 0.15) is 5.75 Å². The number of amides is 1. The Morgan fingerprint density at radius 2 is 2.10 bits per heavy atom. The summed E-state index contributed by atoms with van der Waals surface area (Å²) in [5, 5.41) is 3.19. The van der Waals surface area contributed by atoms with Crippen LogP contribution >= 0.6 is 12.4 Å². The van der Waals surface area contributed by atoms with Crippen LogP contribution in [0.3, 0.4) is 0 Å². The van der Waals surface area contributed by atoms with E-state index in [2.05, 4.69) is 5.32 Å². The number of halogens is 1. The van der Waals surface area contributed by atoms with Crippen molar-refractivity contribution in [1.29, 1.82) is 0 Å². The van der Waals surface area contributed by atoms with Crippen LogP contribution in [-0.4, -0.2) is 44.6 Å². The molecule has 0 radical (unpaired) electrons. The molecule has 0 spiro atoms. The van der Waals surface area contributed by atoms with E-state index in [-0.39, 0.29) is 18.3 Å². The molecule has 1 fully saturated rings. The fraction of sp³-hybridized carbons (Fsp3) is 0.562. The molecule has 0 aromatic heterocycles. The molecule has 1 aliphatic heterocycles. The molecule has 0 saturated carbocycles. The van der Waals surface area contributed by atoms with Gasteiger partial charge >= 0.3 is 0 Å². The molecule has 5 heteroatoms. The lowest BCUT2D eigenvalue weighted by Crippen LogP contribution is -2.38. The van der Waals surface area contributed by atoms with Gasteiger partial charge in [-0.15, -0.1) is 12.4 Å². The molecule has 1 aromatic carbocycles. The summed E-state index contributed by atoms with van der Waals surface area (Å²) in [6, 6.07) is 7.40. The summed E-state index contributed by atoms with van der Waals surface area (Å²) in [6.45, 7) is 2.79. The maximum Gasteiger partial charge on any atom is 0.253 e. The number of carbonyl (C=O) groups excluding carboxylic acids is 1. The molecule has 0 aliphatic carbocycles. The Morgan fingerprint density at radius 1 is 1.38 bits per heavy atom. The molecule has 1 saturated heterocycles. The summed E-state index contributed by atoms with van der Waals surface area (Å²) in [7, 11) is 3.61. The molecule has 1 heterocycles. The van der Waals surface area contributed by atoms with E-state index >= 15 is 0 Å². The van der Waals surface area contributed by atoms with E-state index < -0.39 is 0 Å². The zero-order valence-electron chi connectivity index (χ0n) is 12.8. The Labute approximate surface area is 133 Å². The number of rotatable bonds is 5. The molecule has 0 bridgehead atoms. The van der Waals surface area contributed by atoms with Gasteiger partial charge in [0.25, 0.3) is 5.91 Å². The first-order valence-electron chi connectivity index (χ1n) is 7.32. The number of nitrogens with one attached hydrogen (secondary N) is 1. The maximum atomic E-state index is 12.4. The van der Waals surface area contributed by atoms with Crippen molar-refractivity contribution in [3.8, 4) is 5.75 Å². The largest absolute Gasteiger partial charge is 0.497 e. The van der Waals surface area contributed by atoms with Gasteiger partial charge in [-0.1, -0.05) is 6.07 Å². The van der Waals surface area contributed by atoms with Crippen molar-refractivity contribution >= 4 is 18.3 Å². The van der Waals surface area contributed by atoms with Crippen molar-refractivity contribution < 1.29 is 9.53 Å². The molecule has 1 aliphatic rings. The number of ether oxygens (including phenoxy) is 1. The second-order valence-corrected chi connectivity index (χ2v) is 5.36. The predicted octanol–water partition coefficient (Wildman–Crippen LogP) is 2.58. The molecular weight excluding hydrogens is 288 g/mol. The van der Waals surface area contributed by atoms with Crippen LogP contribution in [0.2, 0.25) is 0 Å². The highest BCUT2D eigenvalue weighted by Crippen LogP contribution is 2.22. The fourth-order valence-corrected chi connectivity index (χ4v) is 2.71. The van der Waals surface area contributed by atoms with Crippen LogP contribution in [0.1, 0.15) is 29.6 Å². The van der Waals surface area contributed by atoms with Gasteiger partial charge in [0.05, 0.1) is 7.11 Å². The van der Waals surface area contributed by atoms with Crippen molar-refractivity contribution in [1.82, 2.24) is 10.2 Å². The average molecular weight is 313 g/mol. The number of benzene rings is 1. The summed E-state index contributed by atoms with van der Waals surface area (Å²) in [4.78, 5) is 14.4. The van der Waals surface area contributed by atoms with Crippen LogP contribution in [0.15, 0.2) is 24.3 Å². The van der Waals surface area contributed by atoms with E-state index in [9.17, 15) is 4.79 Å². The highest BCUT2D eigenvalue weighted by Gasteiger charge is 2.23. The van der Waals surface area contributed by atoms with Crippen molar-refractivity contribution in [2.24, 2.45) is 5.92 Å². The number of methoxy groups -OCH3 is 1. The van der Waals surface area contributed by atoms with E-state index in [0.29, 0.717) is 0 Å². The summed E-state index contributed by atoms with van der Waals surface area (Å²) in [5.41, 5.74) is 0.720. The summed E-state index contributed by atoms with van der Waals surface area (Å²) < 4.78 is 5.18. The minimum Gasteiger partial charge on any atom is -0.497 e. The zero-order valence-corrected chi connectivity index (χ0v) is 13.6. The third-order valence-electron chi connectivity index (χ3n) is 4.02. The molecule has 0 atom stereocenters. The third kappa shape index (κ3) is 4.90. The minimum absolute atomic E-state index is 0. The lowest BCUT2D eigenvalue weighted by Gasteiger charge is -2.32. The number of hydrogen-bond donors (Lipinski definition) is 1. The average Bonchev–Trinajstić information content (AvgIpc) is 2.52. The van der Waals surface area contributed by atoms with Gasteiger partial charge in [-0.25, -0.2) is 0 Å². The van der Waals surface area contributed by atoms with E-state index in [4.69, 9.17) is 4.74 Å². The lowest BCUT2D eigenvalue weighted by molar-refractivity contribution is 0.0687. The van der Waals surface area contributed by atoms with Crippen LogP contribution in [-0.2, 0) is 0 Å². The lowest BCUT2D eigenvalue weighted by atomic mass is 9.93. The molecule has 118 valence electrons. The van der Waals surface area contributed by atoms with Crippen molar-refractivity contribution in [2.45, 2.75) is 19.3 Å². The molecular formula is C16H25ClN2O2. The SMILES string of the molecule is CNCCC1CCN(C(=O)c2cccc(OC)c2)CC1.Cl. The van der Waals surface area contributed by atoms with E-state index in [1.54, 1.807) is 7.11 Å². The number of carbonyl (C=O) groups is 1. The second kappa shape index (κ2) is 8.90. The normalized spacial score (nSPS) is 15.4. The Hall–Kier alpha value is -1.26. The number of likely N-dealkylation sites (tertiary alicyclic amines) is 1. The van der Waals surface area contributed by atoms with Crippen LogP contribution in [0, 0.1) is 5.92 Å². The Balaban J connectivity index is 0.00000220. The minimum atomic E-state index is 0. The van der Waals surface area contributed by atoms with Crippen LogP contribution in [0.25, 0.3) is 0 Å². The summed E-state index contributed by atoms with van der Waals surface area (Å²) in [5.74, 6) is 1.60. The first kappa shape index (κ1) is 17.8. The molecule has 4 nitrogen and oxygen atoms in total. The maximum absolute atomic E-state index is 12.4. The Kier molecular flexibility index (Phi) is 7.54. The summed E-state index contributed by atoms with van der Waals surface area (Å²) in [6.07, 6.45) is 3.42. The molecule has 1 amide bonds. The highest BCUT2D eigenvalue weighted by atomic mass is 35.5. The van der Waals surface area contributed by atoms with Gasteiger partial charge in [0.15, 0.2) is 0 Å². The number of hydrogen-bond acceptors (Lipinski definition) is 3. The van der Waals surface area contributed by atoms with Crippen molar-refractivity contribution in [2.75, 3.05) is 33.8 Å². The van der Waals surface area contributed by atoms with Crippen molar-refractivity contribution in [3.63, 3.8) is 0 Å². The topological polar surface area (TPSA) is 41.6 Å². The molecule has 1 aromatic rings. The van der Waals surface area contributed by atoms with Crippen molar-refractivity contribution in [3.05, 3.63) is 29.8 Å². The Morgan fingerprint density at radius 3 is 2.71 bits per heavy atom. The first-order chi connectivity index (χ1) is 9.74. The van der Waals surface area contributed by atoms with Gasteiger partial charge < -0.3 is 15.0 Å². The first-order valence-corrected chi connectivity index (χ1v) is 7.32. The predicted molar refractivity (Wildman–Crippen MR) is 87.4 cm³/mol. The van der Waals surface area contributed by atoms with Crippen LogP contribution in [0.5, 0.6) is 5.75 Å². The molecule has 0 unspecified atom stereocenters. The number of piperidine rings is 1. The Bertz CT molecular complexity index is 446. The van der Waals surface area contributed by atoms with Gasteiger partial charge in [-0.3, -0.25) is 4.79 Å². The van der Waals surface area contributed by atoms with Gasteiger partial charge in [0.2, 0.25) is 0 Å². The zero-order chi connectivity index (χ0) is 14.4. The monoisotopic (exact) mass is 312 g/mol. The fourth-order valence-electron chi connectivity index (χ4n) is 2.71. The standard InChI is InChI=1S/C16H24N2O2.ClH/c1-17-9-6-13-7-10-18(11-8-13)16(19)14-4-3-5-15(12-14)20-2;/h3-5,12-13,17H,6-11H2,1-2H3;1H. The van der Waals surface area contributed by atoms with E-state index in [0.717, 1.165) is 49.7 Å². The quantitative estimate of drug-likeness (QED) is 0.908. The molecule has 2 rings (SSSR count). The molecule has 1 N–H and O–H groups in total. The summed E-state index contributed by atoms with van der Waals surface area (Å²) >= 11 is 0. The van der Waals surface area contributed by atoms with E-state index in [1.807, 2.05) is 36.2 Å². The smallest absolute Gasteiger partial charge is 0.253 e. The number of nitrogens with zero attached hydrogens (tertiary/aromatic N) is 1. The van der Waals surface area contributed by atoms with Gasteiger partial charge in [0, 0.05) is 18.7 Å². The van der Waals surface area contributed by atoms with Gasteiger partial charge in [-0.2, -0.15) is 0 Å². The second-order valence-electron chi connectivity index (χ2n) is 5.36. The third-order valence-corrected chi connectivity index (χ3v) is 4.02. The van der Waals surface area contributed by atoms with Crippen LogP contribution < -0.4 is 10.1 Å². The highest BCUT2D eigenvalue weighted by molar-refractivity contribution is 5.94. The van der Waals surface area contributed by atoms with Crippen LogP contribution in [0.4, 0.5) is 0 Å². The van der Waals surface area contributed by atoms with Gasteiger partial charge in [-0.05, 0) is 57.0 Å². The van der Waals surface area contributed by atoms with E-state index in [1.165, 1.54) is 6.42 Å². The molecule has 21 heavy (non-hydrogen) atoms.